The lowest BCUT2D eigenvalue weighted by atomic mass is 10.1. The Balaban J connectivity index is 1.83. The van der Waals surface area contributed by atoms with Crippen molar-refractivity contribution in [2.24, 2.45) is 12.8 Å². The molecule has 1 unspecified atom stereocenters. The van der Waals surface area contributed by atoms with Crippen LogP contribution in [-0.2, 0) is 13.5 Å². The molecule has 1 amide bonds. The molecule has 0 saturated heterocycles. The predicted molar refractivity (Wildman–Crippen MR) is 108 cm³/mol. The molecule has 3 rings (SSSR count). The van der Waals surface area contributed by atoms with Crippen LogP contribution in [0.15, 0.2) is 36.5 Å². The van der Waals surface area contributed by atoms with Crippen LogP contribution < -0.4 is 11.1 Å². The van der Waals surface area contributed by atoms with Crippen LogP contribution in [-0.4, -0.2) is 32.8 Å². The van der Waals surface area contributed by atoms with E-state index in [1.54, 1.807) is 19.2 Å². The van der Waals surface area contributed by atoms with Gasteiger partial charge in [0.05, 0.1) is 11.8 Å². The minimum Gasteiger partial charge on any atom is -0.348 e. The van der Waals surface area contributed by atoms with Crippen molar-refractivity contribution >= 4 is 40.7 Å². The Bertz CT molecular complexity index is 997. The van der Waals surface area contributed by atoms with Crippen molar-refractivity contribution < 1.29 is 9.18 Å². The van der Waals surface area contributed by atoms with Gasteiger partial charge in [0.1, 0.15) is 21.1 Å². The van der Waals surface area contributed by atoms with Crippen molar-refractivity contribution in [1.82, 2.24) is 19.7 Å². The summed E-state index contributed by atoms with van der Waals surface area (Å²) >= 11 is 18.8. The molecule has 10 heteroatoms. The van der Waals surface area contributed by atoms with Crippen molar-refractivity contribution in [3.05, 3.63) is 68.8 Å². The maximum Gasteiger partial charge on any atom is 0.254 e. The van der Waals surface area contributed by atoms with Gasteiger partial charge >= 0.3 is 0 Å². The largest absolute Gasteiger partial charge is 0.348 e. The number of nitrogens with zero attached hydrogens (tertiary/aromatic N) is 3. The quantitative estimate of drug-likeness (QED) is 0.610. The van der Waals surface area contributed by atoms with E-state index in [0.29, 0.717) is 17.3 Å². The van der Waals surface area contributed by atoms with Crippen molar-refractivity contribution in [2.75, 3.05) is 6.54 Å². The SMILES string of the molecule is Cn1ncc(Cl)c1-n1c(Cl)cc(C(=O)NC(CN)Cc2cccc(F)c2)c1Cl. The smallest absolute Gasteiger partial charge is 0.254 e. The minimum atomic E-state index is -0.448. The summed E-state index contributed by atoms with van der Waals surface area (Å²) in [7, 11) is 1.68. The maximum absolute atomic E-state index is 13.4. The summed E-state index contributed by atoms with van der Waals surface area (Å²) in [5, 5.41) is 7.48. The fourth-order valence-corrected chi connectivity index (χ4v) is 3.75. The Kier molecular flexibility index (Phi) is 6.30. The zero-order valence-corrected chi connectivity index (χ0v) is 17.1. The van der Waals surface area contributed by atoms with E-state index in [-0.39, 0.29) is 28.2 Å². The molecule has 1 atom stereocenters. The van der Waals surface area contributed by atoms with Gasteiger partial charge < -0.3 is 11.1 Å². The molecule has 2 aromatic heterocycles. The normalized spacial score (nSPS) is 12.2. The number of aromatic nitrogens is 3. The number of carbonyl (C=O) groups excluding carboxylic acids is 1. The predicted octanol–water partition coefficient (Wildman–Crippen LogP) is 3.61. The Morgan fingerprint density at radius 2 is 2.07 bits per heavy atom. The number of nitrogens with one attached hydrogen (secondary N) is 1. The highest BCUT2D eigenvalue weighted by Gasteiger charge is 2.24. The van der Waals surface area contributed by atoms with Gasteiger partial charge in [0, 0.05) is 19.6 Å². The van der Waals surface area contributed by atoms with Crippen LogP contribution in [0, 0.1) is 5.82 Å². The molecular weight excluding hydrogens is 428 g/mol. The van der Waals surface area contributed by atoms with E-state index in [0.717, 1.165) is 5.56 Å². The zero-order chi connectivity index (χ0) is 20.4. The highest BCUT2D eigenvalue weighted by Crippen LogP contribution is 2.32. The average molecular weight is 445 g/mol. The van der Waals surface area contributed by atoms with Gasteiger partial charge in [-0.1, -0.05) is 46.9 Å². The number of amides is 1. The molecule has 0 saturated carbocycles. The van der Waals surface area contributed by atoms with E-state index >= 15 is 0 Å². The lowest BCUT2D eigenvalue weighted by molar-refractivity contribution is 0.0938. The number of carbonyl (C=O) groups is 1. The van der Waals surface area contributed by atoms with Crippen LogP contribution in [0.1, 0.15) is 15.9 Å². The molecule has 0 aliphatic heterocycles. The van der Waals surface area contributed by atoms with Crippen LogP contribution in [0.3, 0.4) is 0 Å². The summed E-state index contributed by atoms with van der Waals surface area (Å²) in [5.41, 5.74) is 6.66. The molecule has 2 heterocycles. The number of aryl methyl sites for hydroxylation is 1. The Labute approximate surface area is 176 Å². The first-order valence-electron chi connectivity index (χ1n) is 8.31. The van der Waals surface area contributed by atoms with Gasteiger partial charge in [-0.15, -0.1) is 0 Å². The van der Waals surface area contributed by atoms with Gasteiger partial charge in [-0.25, -0.2) is 4.39 Å². The first-order valence-corrected chi connectivity index (χ1v) is 9.45. The molecule has 0 radical (unpaired) electrons. The van der Waals surface area contributed by atoms with Gasteiger partial charge in [0.2, 0.25) is 0 Å². The summed E-state index contributed by atoms with van der Waals surface area (Å²) in [6, 6.07) is 7.16. The van der Waals surface area contributed by atoms with Crippen LogP contribution in [0.4, 0.5) is 4.39 Å². The molecule has 3 aromatic rings. The third-order valence-electron chi connectivity index (χ3n) is 4.21. The average Bonchev–Trinajstić information content (AvgIpc) is 3.12. The first kappa shape index (κ1) is 20.7. The molecule has 0 bridgehead atoms. The van der Waals surface area contributed by atoms with Crippen LogP contribution in [0.2, 0.25) is 15.3 Å². The summed E-state index contributed by atoms with van der Waals surface area (Å²) in [5.74, 6) is -0.360. The molecule has 1 aromatic carbocycles. The van der Waals surface area contributed by atoms with Gasteiger partial charge in [0.25, 0.3) is 5.91 Å². The molecular formula is C18H17Cl3FN5O. The highest BCUT2D eigenvalue weighted by molar-refractivity contribution is 6.37. The number of nitrogens with two attached hydrogens (primary N) is 1. The van der Waals surface area contributed by atoms with Crippen molar-refractivity contribution in [2.45, 2.75) is 12.5 Å². The van der Waals surface area contributed by atoms with E-state index < -0.39 is 11.9 Å². The highest BCUT2D eigenvalue weighted by atomic mass is 35.5. The molecule has 0 fully saturated rings. The van der Waals surface area contributed by atoms with Crippen LogP contribution in [0.25, 0.3) is 5.82 Å². The number of rotatable bonds is 6. The Hall–Kier alpha value is -2.06. The van der Waals surface area contributed by atoms with Gasteiger partial charge in [-0.2, -0.15) is 5.10 Å². The lowest BCUT2D eigenvalue weighted by Crippen LogP contribution is -2.41. The molecule has 0 aliphatic rings. The zero-order valence-electron chi connectivity index (χ0n) is 14.8. The molecule has 0 aliphatic carbocycles. The van der Waals surface area contributed by atoms with Gasteiger partial charge in [0.15, 0.2) is 5.82 Å². The van der Waals surface area contributed by atoms with Crippen molar-refractivity contribution in [1.29, 1.82) is 0 Å². The summed E-state index contributed by atoms with van der Waals surface area (Å²) in [6.07, 6.45) is 1.83. The second kappa shape index (κ2) is 8.53. The van der Waals surface area contributed by atoms with Crippen LogP contribution >= 0.6 is 34.8 Å². The van der Waals surface area contributed by atoms with Gasteiger partial charge in [-0.3, -0.25) is 14.0 Å². The standard InChI is InChI=1S/C18H17Cl3FN5O/c1-26-18(14(19)9-24-26)27-15(20)7-13(16(27)21)17(28)25-12(8-23)6-10-3-2-4-11(22)5-10/h2-5,7,9,12H,6,8,23H2,1H3,(H,25,28). The Morgan fingerprint density at radius 1 is 1.32 bits per heavy atom. The monoisotopic (exact) mass is 443 g/mol. The maximum atomic E-state index is 13.4. The van der Waals surface area contributed by atoms with Crippen molar-refractivity contribution in [3.63, 3.8) is 0 Å². The number of hydrogen-bond acceptors (Lipinski definition) is 3. The third-order valence-corrected chi connectivity index (χ3v) is 5.12. The molecule has 6 nitrogen and oxygen atoms in total. The number of hydrogen-bond donors (Lipinski definition) is 2. The second-order valence-corrected chi connectivity index (χ2v) is 7.34. The summed E-state index contributed by atoms with van der Waals surface area (Å²) in [6.45, 7) is 0.169. The first-order chi connectivity index (χ1) is 13.3. The van der Waals surface area contributed by atoms with Crippen molar-refractivity contribution in [3.8, 4) is 5.82 Å². The fraction of sp³-hybridized carbons (Fsp3) is 0.222. The molecule has 148 valence electrons. The number of benzene rings is 1. The van der Waals surface area contributed by atoms with E-state index in [1.807, 2.05) is 0 Å². The summed E-state index contributed by atoms with van der Waals surface area (Å²) < 4.78 is 16.3. The van der Waals surface area contributed by atoms with Crippen LogP contribution in [0.5, 0.6) is 0 Å². The van der Waals surface area contributed by atoms with E-state index in [2.05, 4.69) is 10.4 Å². The Morgan fingerprint density at radius 3 is 2.68 bits per heavy atom. The lowest BCUT2D eigenvalue weighted by Gasteiger charge is -2.17. The minimum absolute atomic E-state index is 0.0922. The third kappa shape index (κ3) is 4.17. The van der Waals surface area contributed by atoms with E-state index in [9.17, 15) is 9.18 Å². The van der Waals surface area contributed by atoms with Gasteiger partial charge in [-0.05, 0) is 30.2 Å². The second-order valence-electron chi connectivity index (χ2n) is 6.19. The molecule has 28 heavy (non-hydrogen) atoms. The van der Waals surface area contributed by atoms with E-state index in [4.69, 9.17) is 40.5 Å². The number of halogens is 4. The summed E-state index contributed by atoms with van der Waals surface area (Å²) in [4.78, 5) is 12.7. The fourth-order valence-electron chi connectivity index (χ4n) is 2.87. The molecule has 3 N–H and O–H groups in total. The molecule has 0 spiro atoms. The van der Waals surface area contributed by atoms with E-state index in [1.165, 1.54) is 33.6 Å². The topological polar surface area (TPSA) is 77.9 Å².